The zero-order valence-electron chi connectivity index (χ0n) is 11.7. The number of aromatic nitrogens is 1. The first kappa shape index (κ1) is 13.3. The third kappa shape index (κ3) is 2.04. The highest BCUT2D eigenvalue weighted by molar-refractivity contribution is 6.31. The van der Waals surface area contributed by atoms with Crippen LogP contribution in [-0.4, -0.2) is 12.3 Å². The van der Waals surface area contributed by atoms with Crippen LogP contribution in [0, 0.1) is 5.41 Å². The van der Waals surface area contributed by atoms with Crippen molar-refractivity contribution in [2.75, 3.05) is 12.8 Å². The highest BCUT2D eigenvalue weighted by Gasteiger charge is 2.50. The number of anilines is 1. The summed E-state index contributed by atoms with van der Waals surface area (Å²) in [5, 5.41) is 4.56. The second-order valence-electron chi connectivity index (χ2n) is 5.90. The summed E-state index contributed by atoms with van der Waals surface area (Å²) in [5.74, 6) is 2.26. The van der Waals surface area contributed by atoms with Crippen LogP contribution in [0.4, 0.5) is 5.82 Å². The summed E-state index contributed by atoms with van der Waals surface area (Å²) >= 11 is 6.10. The number of methoxy groups -OCH3 is 1. The van der Waals surface area contributed by atoms with Crippen LogP contribution >= 0.6 is 11.6 Å². The van der Waals surface area contributed by atoms with Gasteiger partial charge in [-0.15, -0.1) is 0 Å². The maximum atomic E-state index is 6.10. The van der Waals surface area contributed by atoms with Gasteiger partial charge >= 0.3 is 0 Å². The molecule has 106 valence electrons. The van der Waals surface area contributed by atoms with E-state index in [1.54, 1.807) is 13.2 Å². The molecule has 2 aromatic rings. The molecule has 0 amide bonds. The standard InChI is InChI=1S/C15H17ClN2O2/c1-15(2)7-10(15)13-12(14(17)18-20-13)9-6-8(16)4-5-11(9)19-3/h4-6,10H,7H2,1-3H3,(H2,17,18). The molecule has 3 rings (SSSR count). The molecule has 2 N–H and O–H groups in total. The Kier molecular flexibility index (Phi) is 2.94. The zero-order chi connectivity index (χ0) is 14.5. The Morgan fingerprint density at radius 3 is 2.75 bits per heavy atom. The number of ether oxygens (including phenoxy) is 1. The third-order valence-electron chi connectivity index (χ3n) is 4.01. The van der Waals surface area contributed by atoms with E-state index in [4.69, 9.17) is 26.6 Å². The van der Waals surface area contributed by atoms with E-state index < -0.39 is 0 Å². The van der Waals surface area contributed by atoms with Gasteiger partial charge in [0.15, 0.2) is 11.6 Å². The molecule has 1 saturated carbocycles. The Hall–Kier alpha value is -1.68. The van der Waals surface area contributed by atoms with Crippen molar-refractivity contribution in [2.45, 2.75) is 26.2 Å². The van der Waals surface area contributed by atoms with Crippen LogP contribution in [0.25, 0.3) is 11.1 Å². The largest absolute Gasteiger partial charge is 0.496 e. The van der Waals surface area contributed by atoms with Gasteiger partial charge < -0.3 is 15.0 Å². The fourth-order valence-corrected chi connectivity index (χ4v) is 2.79. The van der Waals surface area contributed by atoms with Crippen molar-refractivity contribution in [3.8, 4) is 16.9 Å². The van der Waals surface area contributed by atoms with Gasteiger partial charge in [-0.2, -0.15) is 0 Å². The molecule has 0 spiro atoms. The molecule has 1 aromatic carbocycles. The fraction of sp³-hybridized carbons (Fsp3) is 0.400. The third-order valence-corrected chi connectivity index (χ3v) is 4.24. The predicted molar refractivity (Wildman–Crippen MR) is 79.1 cm³/mol. The Bertz CT molecular complexity index is 664. The molecule has 1 aromatic heterocycles. The van der Waals surface area contributed by atoms with Gasteiger partial charge in [0.05, 0.1) is 12.7 Å². The number of nitrogen functional groups attached to an aromatic ring is 1. The van der Waals surface area contributed by atoms with Gasteiger partial charge in [-0.05, 0) is 30.0 Å². The SMILES string of the molecule is COc1ccc(Cl)cc1-c1c(N)noc1C1CC1(C)C. The van der Waals surface area contributed by atoms with Crippen molar-refractivity contribution in [3.63, 3.8) is 0 Å². The number of hydrogen-bond acceptors (Lipinski definition) is 4. The van der Waals surface area contributed by atoms with E-state index in [2.05, 4.69) is 19.0 Å². The van der Waals surface area contributed by atoms with Crippen LogP contribution in [-0.2, 0) is 0 Å². The Morgan fingerprint density at radius 1 is 1.45 bits per heavy atom. The van der Waals surface area contributed by atoms with Gasteiger partial charge in [-0.25, -0.2) is 0 Å². The summed E-state index contributed by atoms with van der Waals surface area (Å²) in [7, 11) is 1.62. The second kappa shape index (κ2) is 4.42. The molecule has 0 aliphatic heterocycles. The molecule has 1 heterocycles. The predicted octanol–water partition coefficient (Wildman–Crippen LogP) is 4.10. The van der Waals surface area contributed by atoms with Crippen molar-refractivity contribution in [1.29, 1.82) is 0 Å². The molecule has 0 radical (unpaired) electrons. The molecular formula is C15H17ClN2O2. The normalized spacial score (nSPS) is 19.9. The van der Waals surface area contributed by atoms with Crippen molar-refractivity contribution in [3.05, 3.63) is 29.0 Å². The molecule has 0 saturated heterocycles. The molecule has 1 aliphatic rings. The summed E-state index contributed by atoms with van der Waals surface area (Å²) in [6.45, 7) is 4.41. The number of rotatable bonds is 3. The smallest absolute Gasteiger partial charge is 0.175 e. The minimum atomic E-state index is 0.229. The molecule has 1 fully saturated rings. The average molecular weight is 293 g/mol. The molecule has 1 atom stereocenters. The lowest BCUT2D eigenvalue weighted by Gasteiger charge is -2.10. The van der Waals surface area contributed by atoms with Crippen molar-refractivity contribution in [2.24, 2.45) is 5.41 Å². The van der Waals surface area contributed by atoms with Gasteiger partial charge in [0.2, 0.25) is 0 Å². The van der Waals surface area contributed by atoms with Crippen LogP contribution in [0.3, 0.4) is 0 Å². The monoisotopic (exact) mass is 292 g/mol. The summed E-state index contributed by atoms with van der Waals surface area (Å²) in [4.78, 5) is 0. The minimum absolute atomic E-state index is 0.229. The van der Waals surface area contributed by atoms with Gasteiger partial charge in [0, 0.05) is 16.5 Å². The lowest BCUT2D eigenvalue weighted by molar-refractivity contribution is 0.376. The number of nitrogens with zero attached hydrogens (tertiary/aromatic N) is 1. The van der Waals surface area contributed by atoms with Crippen molar-refractivity contribution < 1.29 is 9.26 Å². The maximum Gasteiger partial charge on any atom is 0.175 e. The molecule has 1 aliphatic carbocycles. The number of halogens is 1. The van der Waals surface area contributed by atoms with E-state index in [9.17, 15) is 0 Å². The highest BCUT2D eigenvalue weighted by atomic mass is 35.5. The number of hydrogen-bond donors (Lipinski definition) is 1. The van der Waals surface area contributed by atoms with E-state index in [1.165, 1.54) is 0 Å². The Morgan fingerprint density at radius 2 is 2.15 bits per heavy atom. The molecule has 4 nitrogen and oxygen atoms in total. The summed E-state index contributed by atoms with van der Waals surface area (Å²) in [6.07, 6.45) is 1.07. The summed E-state index contributed by atoms with van der Waals surface area (Å²) < 4.78 is 10.9. The Labute approximate surface area is 122 Å². The van der Waals surface area contributed by atoms with Crippen LogP contribution in [0.5, 0.6) is 5.75 Å². The second-order valence-corrected chi connectivity index (χ2v) is 6.33. The highest BCUT2D eigenvalue weighted by Crippen LogP contribution is 2.61. The zero-order valence-corrected chi connectivity index (χ0v) is 12.5. The van der Waals surface area contributed by atoms with E-state index in [1.807, 2.05) is 12.1 Å². The minimum Gasteiger partial charge on any atom is -0.496 e. The lowest BCUT2D eigenvalue weighted by Crippen LogP contribution is -1.95. The number of benzene rings is 1. The van der Waals surface area contributed by atoms with Crippen LogP contribution in [0.2, 0.25) is 5.02 Å². The van der Waals surface area contributed by atoms with Crippen molar-refractivity contribution in [1.82, 2.24) is 5.16 Å². The summed E-state index contributed by atoms with van der Waals surface area (Å²) in [5.41, 5.74) is 7.86. The van der Waals surface area contributed by atoms with Crippen molar-refractivity contribution >= 4 is 17.4 Å². The fourth-order valence-electron chi connectivity index (χ4n) is 2.61. The summed E-state index contributed by atoms with van der Waals surface area (Å²) in [6, 6.07) is 5.45. The topological polar surface area (TPSA) is 61.3 Å². The van der Waals surface area contributed by atoms with Gasteiger partial charge in [0.25, 0.3) is 0 Å². The van der Waals surface area contributed by atoms with Crippen LogP contribution in [0.15, 0.2) is 22.7 Å². The van der Waals surface area contributed by atoms with Gasteiger partial charge in [0.1, 0.15) is 5.75 Å². The van der Waals surface area contributed by atoms with Gasteiger partial charge in [-0.1, -0.05) is 30.6 Å². The number of nitrogens with two attached hydrogens (primary N) is 1. The van der Waals surface area contributed by atoms with E-state index >= 15 is 0 Å². The van der Waals surface area contributed by atoms with Gasteiger partial charge in [-0.3, -0.25) is 0 Å². The molecule has 0 bridgehead atoms. The average Bonchev–Trinajstić information content (AvgIpc) is 2.86. The first-order valence-corrected chi connectivity index (χ1v) is 6.91. The van der Waals surface area contributed by atoms with E-state index in [-0.39, 0.29) is 5.41 Å². The molecule has 20 heavy (non-hydrogen) atoms. The molecule has 5 heteroatoms. The first-order chi connectivity index (χ1) is 9.44. The molecule has 1 unspecified atom stereocenters. The van der Waals surface area contributed by atoms with E-state index in [0.717, 1.165) is 23.3 Å². The van der Waals surface area contributed by atoms with Crippen LogP contribution < -0.4 is 10.5 Å². The maximum absolute atomic E-state index is 6.10. The lowest BCUT2D eigenvalue weighted by atomic mass is 9.99. The Balaban J connectivity index is 2.15. The first-order valence-electron chi connectivity index (χ1n) is 6.53. The quantitative estimate of drug-likeness (QED) is 0.925. The van der Waals surface area contributed by atoms with Crippen LogP contribution in [0.1, 0.15) is 31.9 Å². The van der Waals surface area contributed by atoms with E-state index in [0.29, 0.717) is 22.5 Å². The molecular weight excluding hydrogens is 276 g/mol.